The molecule has 0 aliphatic carbocycles. The fraction of sp³-hybridized carbons (Fsp3) is 0.296. The van der Waals surface area contributed by atoms with E-state index in [1.165, 1.54) is 0 Å². The molecular formula is C27H28ClNO6S. The zero-order chi connectivity index (χ0) is 26.1. The maximum Gasteiger partial charge on any atom is 0.344 e. The average Bonchev–Trinajstić information content (AvgIpc) is 3.14. The number of benzene rings is 2. The summed E-state index contributed by atoms with van der Waals surface area (Å²) in [7, 11) is 0. The summed E-state index contributed by atoms with van der Waals surface area (Å²) >= 11 is 7.27. The van der Waals surface area contributed by atoms with Crippen molar-refractivity contribution in [3.05, 3.63) is 74.9 Å². The van der Waals surface area contributed by atoms with E-state index in [9.17, 15) is 14.7 Å². The van der Waals surface area contributed by atoms with E-state index in [0.29, 0.717) is 40.0 Å². The molecule has 7 nitrogen and oxygen atoms in total. The van der Waals surface area contributed by atoms with Crippen molar-refractivity contribution >= 4 is 46.4 Å². The summed E-state index contributed by atoms with van der Waals surface area (Å²) in [5.41, 5.74) is 1.44. The van der Waals surface area contributed by atoms with Gasteiger partial charge in [-0.1, -0.05) is 54.6 Å². The summed E-state index contributed by atoms with van der Waals surface area (Å²) in [6, 6.07) is 12.8. The molecule has 9 heteroatoms. The standard InChI is InChI=1S/C27H28ClNO6S/c1-4-9-23(30)29-26-24(27(32)34-6-3)25(31)22(36-26)15-17-12-13-20(21(14-17)33-5-2)35-16-18-10-7-8-11-19(18)28/h7-8,10-15,31H,4-6,9,16H2,1-3H3/b22-15-,29-26?. The predicted molar refractivity (Wildman–Crippen MR) is 143 cm³/mol. The van der Waals surface area contributed by atoms with E-state index >= 15 is 0 Å². The van der Waals surface area contributed by atoms with Gasteiger partial charge in [0.2, 0.25) is 5.91 Å². The lowest BCUT2D eigenvalue weighted by Crippen LogP contribution is -2.14. The van der Waals surface area contributed by atoms with Gasteiger partial charge in [0, 0.05) is 17.0 Å². The second-order valence-electron chi connectivity index (χ2n) is 7.63. The Bertz CT molecular complexity index is 1220. The van der Waals surface area contributed by atoms with Crippen LogP contribution in [-0.4, -0.2) is 35.2 Å². The minimum atomic E-state index is -0.729. The topological polar surface area (TPSA) is 94.4 Å². The van der Waals surface area contributed by atoms with Gasteiger partial charge < -0.3 is 19.3 Å². The first-order valence-electron chi connectivity index (χ1n) is 11.6. The molecule has 0 saturated carbocycles. The van der Waals surface area contributed by atoms with Crippen LogP contribution < -0.4 is 9.47 Å². The number of amides is 1. The third-order valence-electron chi connectivity index (χ3n) is 4.97. The first-order valence-corrected chi connectivity index (χ1v) is 12.8. The largest absolute Gasteiger partial charge is 0.506 e. The monoisotopic (exact) mass is 529 g/mol. The number of thioether (sulfide) groups is 1. The molecular weight excluding hydrogens is 502 g/mol. The van der Waals surface area contributed by atoms with Crippen molar-refractivity contribution in [2.45, 2.75) is 40.2 Å². The number of aliphatic imine (C=N–C) groups is 1. The molecule has 0 saturated heterocycles. The van der Waals surface area contributed by atoms with Gasteiger partial charge in [-0.15, -0.1) is 0 Å². The first kappa shape index (κ1) is 27.4. The van der Waals surface area contributed by atoms with E-state index in [-0.39, 0.29) is 41.9 Å². The molecule has 0 radical (unpaired) electrons. The summed E-state index contributed by atoms with van der Waals surface area (Å²) in [6.07, 6.45) is 2.55. The molecule has 3 rings (SSSR count). The highest BCUT2D eigenvalue weighted by Gasteiger charge is 2.33. The number of hydrogen-bond donors (Lipinski definition) is 1. The number of carbonyl (C=O) groups is 2. The third kappa shape index (κ3) is 6.92. The number of nitrogens with zero attached hydrogens (tertiary/aromatic N) is 1. The maximum atomic E-state index is 12.5. The number of halogens is 1. The van der Waals surface area contributed by atoms with E-state index in [4.69, 9.17) is 25.8 Å². The molecule has 1 heterocycles. The van der Waals surface area contributed by atoms with Crippen LogP contribution in [0.2, 0.25) is 5.02 Å². The van der Waals surface area contributed by atoms with Gasteiger partial charge in [0.05, 0.1) is 18.1 Å². The van der Waals surface area contributed by atoms with Crippen molar-refractivity contribution in [2.75, 3.05) is 13.2 Å². The Hall–Kier alpha value is -3.23. The zero-order valence-corrected chi connectivity index (χ0v) is 21.9. The van der Waals surface area contributed by atoms with Crippen molar-refractivity contribution in [1.29, 1.82) is 0 Å². The second kappa shape index (κ2) is 13.2. The van der Waals surface area contributed by atoms with Gasteiger partial charge in [-0.25, -0.2) is 9.79 Å². The van der Waals surface area contributed by atoms with Crippen LogP contribution in [-0.2, 0) is 20.9 Å². The predicted octanol–water partition coefficient (Wildman–Crippen LogP) is 6.51. The summed E-state index contributed by atoms with van der Waals surface area (Å²) < 4.78 is 16.8. The lowest BCUT2D eigenvalue weighted by Gasteiger charge is -2.13. The number of aliphatic hydroxyl groups excluding tert-OH is 1. The van der Waals surface area contributed by atoms with Crippen LogP contribution >= 0.6 is 23.4 Å². The van der Waals surface area contributed by atoms with Gasteiger partial charge in [-0.05, 0) is 50.1 Å². The van der Waals surface area contributed by atoms with Crippen LogP contribution in [0, 0.1) is 0 Å². The van der Waals surface area contributed by atoms with Crippen LogP contribution in [0.5, 0.6) is 11.5 Å². The molecule has 1 N–H and O–H groups in total. The molecule has 1 aliphatic heterocycles. The molecule has 0 spiro atoms. The van der Waals surface area contributed by atoms with Crippen LogP contribution in [0.1, 0.15) is 44.7 Å². The Morgan fingerprint density at radius 3 is 2.53 bits per heavy atom. The van der Waals surface area contributed by atoms with Gasteiger partial charge in [0.15, 0.2) is 11.5 Å². The Labute approximate surface area is 219 Å². The van der Waals surface area contributed by atoms with Crippen molar-refractivity contribution in [2.24, 2.45) is 4.99 Å². The molecule has 1 aliphatic rings. The van der Waals surface area contributed by atoms with Crippen molar-refractivity contribution < 1.29 is 28.9 Å². The molecule has 0 unspecified atom stereocenters. The van der Waals surface area contributed by atoms with Gasteiger partial charge in [0.1, 0.15) is 23.0 Å². The highest BCUT2D eigenvalue weighted by Crippen LogP contribution is 2.40. The van der Waals surface area contributed by atoms with E-state index in [1.807, 2.05) is 32.0 Å². The van der Waals surface area contributed by atoms with Crippen molar-refractivity contribution in [3.63, 3.8) is 0 Å². The quantitative estimate of drug-likeness (QED) is 0.351. The van der Waals surface area contributed by atoms with E-state index in [0.717, 1.165) is 17.3 Å². The van der Waals surface area contributed by atoms with Crippen molar-refractivity contribution in [3.8, 4) is 11.5 Å². The van der Waals surface area contributed by atoms with Gasteiger partial charge in [-0.2, -0.15) is 0 Å². The van der Waals surface area contributed by atoms with Gasteiger partial charge in [0.25, 0.3) is 0 Å². The normalized spacial score (nSPS) is 15.4. The summed E-state index contributed by atoms with van der Waals surface area (Å²) in [5, 5.41) is 11.6. The molecule has 0 bridgehead atoms. The average molecular weight is 530 g/mol. The molecule has 1 amide bonds. The minimum absolute atomic E-state index is 0.109. The third-order valence-corrected chi connectivity index (χ3v) is 6.36. The molecule has 2 aromatic carbocycles. The van der Waals surface area contributed by atoms with E-state index in [1.54, 1.807) is 37.3 Å². The Kier molecular flexibility index (Phi) is 10.0. The number of hydrogen-bond acceptors (Lipinski definition) is 7. The number of ether oxygens (including phenoxy) is 3. The zero-order valence-electron chi connectivity index (χ0n) is 20.4. The number of esters is 1. The Morgan fingerprint density at radius 1 is 1.06 bits per heavy atom. The number of carbonyl (C=O) groups excluding carboxylic acids is 2. The summed E-state index contributed by atoms with van der Waals surface area (Å²) in [4.78, 5) is 29.0. The van der Waals surface area contributed by atoms with Crippen LogP contribution in [0.4, 0.5) is 0 Å². The lowest BCUT2D eigenvalue weighted by atomic mass is 10.1. The fourth-order valence-corrected chi connectivity index (χ4v) is 4.52. The second-order valence-corrected chi connectivity index (χ2v) is 9.07. The molecule has 0 fully saturated rings. The van der Waals surface area contributed by atoms with E-state index < -0.39 is 5.97 Å². The van der Waals surface area contributed by atoms with Crippen molar-refractivity contribution in [1.82, 2.24) is 0 Å². The molecule has 190 valence electrons. The lowest BCUT2D eigenvalue weighted by molar-refractivity contribution is -0.138. The molecule has 0 aromatic heterocycles. The minimum Gasteiger partial charge on any atom is -0.506 e. The van der Waals surface area contributed by atoms with Crippen LogP contribution in [0.3, 0.4) is 0 Å². The Morgan fingerprint density at radius 2 is 1.83 bits per heavy atom. The number of aliphatic hydroxyl groups is 1. The van der Waals surface area contributed by atoms with Crippen LogP contribution in [0.15, 0.2) is 63.7 Å². The van der Waals surface area contributed by atoms with Gasteiger partial charge >= 0.3 is 5.97 Å². The number of rotatable bonds is 10. The van der Waals surface area contributed by atoms with E-state index in [2.05, 4.69) is 4.99 Å². The maximum absolute atomic E-state index is 12.5. The summed E-state index contributed by atoms with van der Waals surface area (Å²) in [6.45, 7) is 6.22. The molecule has 36 heavy (non-hydrogen) atoms. The highest BCUT2D eigenvalue weighted by atomic mass is 35.5. The first-order chi connectivity index (χ1) is 17.4. The van der Waals surface area contributed by atoms with Crippen LogP contribution in [0.25, 0.3) is 6.08 Å². The highest BCUT2D eigenvalue weighted by molar-refractivity contribution is 8.18. The molecule has 0 atom stereocenters. The van der Waals surface area contributed by atoms with Gasteiger partial charge in [-0.3, -0.25) is 4.79 Å². The fourth-order valence-electron chi connectivity index (χ4n) is 3.30. The SMILES string of the molecule is CCCC(=O)N=C1S/C(=C\c2ccc(OCc3ccccc3Cl)c(OCC)c2)C(O)=C1C(=O)OCC. The molecule has 2 aromatic rings. The Balaban J connectivity index is 1.91. The summed E-state index contributed by atoms with van der Waals surface area (Å²) in [5.74, 6) is -0.319. The smallest absolute Gasteiger partial charge is 0.344 e.